The number of hydrogen-bond donors (Lipinski definition) is 1. The highest BCUT2D eigenvalue weighted by Gasteiger charge is 2.20. The molecule has 0 saturated heterocycles. The quantitative estimate of drug-likeness (QED) is 0.334. The Morgan fingerprint density at radius 2 is 1.84 bits per heavy atom. The van der Waals surface area contributed by atoms with Crippen LogP contribution in [0.5, 0.6) is 11.5 Å². The highest BCUT2D eigenvalue weighted by atomic mass is 35.5. The maximum absolute atomic E-state index is 12.5. The van der Waals surface area contributed by atoms with Gasteiger partial charge in [0.25, 0.3) is 5.91 Å². The molecule has 2 aromatic carbocycles. The fourth-order valence-electron chi connectivity index (χ4n) is 3.68. The first-order valence-electron chi connectivity index (χ1n) is 10.5. The van der Waals surface area contributed by atoms with Crippen molar-refractivity contribution in [1.29, 1.82) is 0 Å². The van der Waals surface area contributed by atoms with Gasteiger partial charge in [-0.15, -0.1) is 0 Å². The molecule has 1 aliphatic carbocycles. The summed E-state index contributed by atoms with van der Waals surface area (Å²) in [5.74, 6) is -0.422. The van der Waals surface area contributed by atoms with Crippen LogP contribution in [0.1, 0.15) is 42.5 Å². The first-order valence-corrected chi connectivity index (χ1v) is 10.8. The van der Waals surface area contributed by atoms with Crippen LogP contribution in [0.2, 0.25) is 5.02 Å². The molecule has 1 N–H and O–H groups in total. The molecule has 8 heteroatoms. The standard InChI is InChI=1S/C24H22ClNO6/c25-16-5-4-8-18(12-16)30-14-22(27)31-19-10-9-15-11-20(24(29)32-21(15)13-19)23(28)26-17-6-2-1-3-7-17/h4-5,8-13,17H,1-3,6-7,14H2,(H,26,28). The van der Waals surface area contributed by atoms with Gasteiger partial charge in [0.05, 0.1) is 0 Å². The number of benzene rings is 2. The minimum absolute atomic E-state index is 0.0391. The molecule has 1 fully saturated rings. The van der Waals surface area contributed by atoms with Crippen LogP contribution in [0.4, 0.5) is 0 Å². The molecule has 3 aromatic rings. The number of rotatable bonds is 6. The Kier molecular flexibility index (Phi) is 6.75. The number of amides is 1. The van der Waals surface area contributed by atoms with E-state index in [0.717, 1.165) is 25.7 Å². The van der Waals surface area contributed by atoms with Crippen LogP contribution >= 0.6 is 11.6 Å². The molecule has 1 aliphatic rings. The van der Waals surface area contributed by atoms with Gasteiger partial charge in [-0.05, 0) is 49.2 Å². The number of carbonyl (C=O) groups excluding carboxylic acids is 2. The van der Waals surface area contributed by atoms with Crippen molar-refractivity contribution in [2.45, 2.75) is 38.1 Å². The molecular weight excluding hydrogens is 434 g/mol. The first kappa shape index (κ1) is 21.9. The summed E-state index contributed by atoms with van der Waals surface area (Å²) in [6, 6.07) is 12.8. The van der Waals surface area contributed by atoms with E-state index in [1.165, 1.54) is 18.6 Å². The minimum Gasteiger partial charge on any atom is -0.482 e. The Hall–Kier alpha value is -3.32. The van der Waals surface area contributed by atoms with Crippen LogP contribution in [0, 0.1) is 0 Å². The molecule has 0 bridgehead atoms. The second kappa shape index (κ2) is 9.87. The summed E-state index contributed by atoms with van der Waals surface area (Å²) in [5, 5.41) is 3.96. The lowest BCUT2D eigenvalue weighted by atomic mass is 9.95. The Morgan fingerprint density at radius 1 is 1.03 bits per heavy atom. The third-order valence-electron chi connectivity index (χ3n) is 5.28. The van der Waals surface area contributed by atoms with Crippen molar-refractivity contribution in [2.75, 3.05) is 6.61 Å². The molecule has 4 rings (SSSR count). The van der Waals surface area contributed by atoms with E-state index in [9.17, 15) is 14.4 Å². The predicted octanol–water partition coefficient (Wildman–Crippen LogP) is 4.49. The van der Waals surface area contributed by atoms with E-state index in [4.69, 9.17) is 25.5 Å². The third kappa shape index (κ3) is 5.48. The van der Waals surface area contributed by atoms with Crippen LogP contribution < -0.4 is 20.4 Å². The number of carbonyl (C=O) groups is 2. The molecule has 0 atom stereocenters. The first-order chi connectivity index (χ1) is 15.5. The molecular formula is C24H22ClNO6. The molecule has 1 amide bonds. The summed E-state index contributed by atoms with van der Waals surface area (Å²) < 4.78 is 15.9. The minimum atomic E-state index is -0.737. The molecule has 0 aliphatic heterocycles. The molecule has 166 valence electrons. The number of nitrogens with one attached hydrogen (secondary N) is 1. The van der Waals surface area contributed by atoms with Gasteiger partial charge in [-0.25, -0.2) is 9.59 Å². The fourth-order valence-corrected chi connectivity index (χ4v) is 3.86. The Morgan fingerprint density at radius 3 is 2.62 bits per heavy atom. The summed E-state index contributed by atoms with van der Waals surface area (Å²) in [4.78, 5) is 37.0. The molecule has 32 heavy (non-hydrogen) atoms. The maximum atomic E-state index is 12.5. The van der Waals surface area contributed by atoms with Gasteiger partial charge in [0.1, 0.15) is 22.6 Å². The molecule has 0 unspecified atom stereocenters. The summed E-state index contributed by atoms with van der Waals surface area (Å²) >= 11 is 5.88. The van der Waals surface area contributed by atoms with E-state index in [2.05, 4.69) is 5.32 Å². The third-order valence-corrected chi connectivity index (χ3v) is 5.51. The summed E-state index contributed by atoms with van der Waals surface area (Å²) in [6.45, 7) is -0.317. The van der Waals surface area contributed by atoms with Gasteiger partial charge < -0.3 is 19.2 Å². The zero-order valence-electron chi connectivity index (χ0n) is 17.3. The fraction of sp³-hybridized carbons (Fsp3) is 0.292. The van der Waals surface area contributed by atoms with Crippen molar-refractivity contribution in [2.24, 2.45) is 0 Å². The normalized spacial score (nSPS) is 14.2. The van der Waals surface area contributed by atoms with Crippen molar-refractivity contribution < 1.29 is 23.5 Å². The van der Waals surface area contributed by atoms with Crippen LogP contribution in [0.25, 0.3) is 11.0 Å². The summed E-state index contributed by atoms with van der Waals surface area (Å²) in [7, 11) is 0. The Bertz CT molecular complexity index is 1200. The van der Waals surface area contributed by atoms with E-state index < -0.39 is 17.5 Å². The lowest BCUT2D eigenvalue weighted by Gasteiger charge is -2.22. The van der Waals surface area contributed by atoms with Crippen molar-refractivity contribution in [3.05, 3.63) is 69.5 Å². The van der Waals surface area contributed by atoms with Gasteiger partial charge in [0.2, 0.25) is 0 Å². The number of fused-ring (bicyclic) bond motifs is 1. The molecule has 0 radical (unpaired) electrons. The van der Waals surface area contributed by atoms with E-state index in [1.807, 2.05) is 0 Å². The van der Waals surface area contributed by atoms with Gasteiger partial charge in [-0.2, -0.15) is 0 Å². The lowest BCUT2D eigenvalue weighted by Crippen LogP contribution is -2.38. The number of hydrogen-bond acceptors (Lipinski definition) is 6. The number of halogens is 1. The molecule has 0 spiro atoms. The summed E-state index contributed by atoms with van der Waals surface area (Å²) in [5.41, 5.74) is -0.563. The van der Waals surface area contributed by atoms with Crippen LogP contribution in [-0.2, 0) is 4.79 Å². The number of esters is 1. The van der Waals surface area contributed by atoms with Crippen molar-refractivity contribution in [1.82, 2.24) is 5.32 Å². The van der Waals surface area contributed by atoms with Crippen LogP contribution in [-0.4, -0.2) is 24.5 Å². The largest absolute Gasteiger partial charge is 0.482 e. The van der Waals surface area contributed by atoms with E-state index >= 15 is 0 Å². The van der Waals surface area contributed by atoms with Crippen molar-refractivity contribution >= 4 is 34.4 Å². The molecule has 1 aromatic heterocycles. The van der Waals surface area contributed by atoms with Gasteiger partial charge >= 0.3 is 11.6 Å². The second-order valence-corrected chi connectivity index (χ2v) is 8.11. The smallest absolute Gasteiger partial charge is 0.349 e. The zero-order valence-corrected chi connectivity index (χ0v) is 18.0. The SMILES string of the molecule is O=C(COc1cccc(Cl)c1)Oc1ccc2cc(C(=O)NC3CCCCC3)c(=O)oc2c1. The average Bonchev–Trinajstić information content (AvgIpc) is 2.78. The molecule has 7 nitrogen and oxygen atoms in total. The van der Waals surface area contributed by atoms with Gasteiger partial charge in [0.15, 0.2) is 6.61 Å². The highest BCUT2D eigenvalue weighted by molar-refractivity contribution is 6.30. The molecule has 1 saturated carbocycles. The van der Waals surface area contributed by atoms with Gasteiger partial charge in [-0.1, -0.05) is 36.9 Å². The van der Waals surface area contributed by atoms with Gasteiger partial charge in [0, 0.05) is 22.5 Å². The Labute approximate surface area is 189 Å². The monoisotopic (exact) mass is 455 g/mol. The van der Waals surface area contributed by atoms with E-state index in [1.54, 1.807) is 36.4 Å². The number of ether oxygens (including phenoxy) is 2. The average molecular weight is 456 g/mol. The van der Waals surface area contributed by atoms with Crippen molar-refractivity contribution in [3.8, 4) is 11.5 Å². The zero-order chi connectivity index (χ0) is 22.5. The molecule has 1 heterocycles. The van der Waals surface area contributed by atoms with Crippen molar-refractivity contribution in [3.63, 3.8) is 0 Å². The predicted molar refractivity (Wildman–Crippen MR) is 119 cm³/mol. The summed E-state index contributed by atoms with van der Waals surface area (Å²) in [6.07, 6.45) is 5.15. The highest BCUT2D eigenvalue weighted by Crippen LogP contribution is 2.22. The topological polar surface area (TPSA) is 94.8 Å². The van der Waals surface area contributed by atoms with E-state index in [-0.39, 0.29) is 29.5 Å². The van der Waals surface area contributed by atoms with E-state index in [0.29, 0.717) is 16.2 Å². The second-order valence-electron chi connectivity index (χ2n) is 7.68. The van der Waals surface area contributed by atoms with Gasteiger partial charge in [-0.3, -0.25) is 4.79 Å². The Balaban J connectivity index is 1.42. The van der Waals surface area contributed by atoms with Crippen LogP contribution in [0.15, 0.2) is 57.7 Å². The maximum Gasteiger partial charge on any atom is 0.349 e. The lowest BCUT2D eigenvalue weighted by molar-refractivity contribution is -0.136. The van der Waals surface area contributed by atoms with Crippen LogP contribution in [0.3, 0.4) is 0 Å².